The number of rotatable bonds is 4. The van der Waals surface area contributed by atoms with Crippen LogP contribution in [0.3, 0.4) is 0 Å². The van der Waals surface area contributed by atoms with Crippen molar-refractivity contribution >= 4 is 33.7 Å². The lowest BCUT2D eigenvalue weighted by molar-refractivity contribution is 0.254. The number of hydrogen-bond acceptors (Lipinski definition) is 5. The van der Waals surface area contributed by atoms with E-state index >= 15 is 0 Å². The van der Waals surface area contributed by atoms with Gasteiger partial charge in [-0.2, -0.15) is 13.5 Å². The van der Waals surface area contributed by atoms with Gasteiger partial charge in [0, 0.05) is 16.1 Å². The summed E-state index contributed by atoms with van der Waals surface area (Å²) in [6.45, 7) is -0.106. The Labute approximate surface area is 144 Å². The summed E-state index contributed by atoms with van der Waals surface area (Å²) in [6.07, 6.45) is 1.51. The molecule has 0 atom stereocenters. The van der Waals surface area contributed by atoms with Gasteiger partial charge >= 0.3 is 0 Å². The average molecular weight is 364 g/mol. The van der Waals surface area contributed by atoms with Crippen LogP contribution in [0.2, 0.25) is 5.02 Å². The number of aliphatic hydroxyl groups excluding tert-OH is 1. The highest BCUT2D eigenvalue weighted by Crippen LogP contribution is 2.27. The van der Waals surface area contributed by atoms with Gasteiger partial charge in [0.25, 0.3) is 10.0 Å². The molecule has 0 fully saturated rings. The molecule has 2 aromatic rings. The molecular formula is C16H14ClN3O3S. The van der Waals surface area contributed by atoms with Crippen molar-refractivity contribution in [2.45, 2.75) is 4.90 Å². The van der Waals surface area contributed by atoms with E-state index in [4.69, 9.17) is 11.6 Å². The van der Waals surface area contributed by atoms with Crippen LogP contribution in [-0.2, 0) is 10.0 Å². The fourth-order valence-electron chi connectivity index (χ4n) is 2.30. The molecular weight excluding hydrogens is 350 g/mol. The second-order valence-corrected chi connectivity index (χ2v) is 6.98. The molecule has 0 spiro atoms. The maximum atomic E-state index is 12.2. The number of benzene rings is 2. The number of sulfonamides is 1. The van der Waals surface area contributed by atoms with E-state index in [0.717, 1.165) is 0 Å². The molecule has 0 saturated carbocycles. The standard InChI is InChI=1S/C16H14ClN3O3S/c17-14-7-3-1-5-12(14)11-18-20(9-10-21)16-13-6-2-4-8-15(13)24(22,23)19-16/h1-8,11,21H,9-10H2/b18-11-. The second-order valence-electron chi connectivity index (χ2n) is 5.00. The molecule has 6 nitrogen and oxygen atoms in total. The molecule has 1 aliphatic heterocycles. The number of aliphatic hydroxyl groups is 1. The lowest BCUT2D eigenvalue weighted by Gasteiger charge is -2.17. The molecule has 3 rings (SSSR count). The van der Waals surface area contributed by atoms with Gasteiger partial charge in [-0.1, -0.05) is 41.9 Å². The summed E-state index contributed by atoms with van der Waals surface area (Å²) < 4.78 is 28.1. The molecule has 1 heterocycles. The highest BCUT2D eigenvalue weighted by Gasteiger charge is 2.31. The minimum absolute atomic E-state index is 0.101. The molecule has 1 N–H and O–H groups in total. The van der Waals surface area contributed by atoms with Gasteiger partial charge in [0.15, 0.2) is 5.84 Å². The van der Waals surface area contributed by atoms with Gasteiger partial charge in [0.2, 0.25) is 0 Å². The summed E-state index contributed by atoms with van der Waals surface area (Å²) in [5.74, 6) is 0.183. The van der Waals surface area contributed by atoms with Crippen LogP contribution in [0, 0.1) is 0 Å². The molecule has 0 saturated heterocycles. The third-order valence-corrected chi connectivity index (χ3v) is 5.08. The first-order chi connectivity index (χ1) is 11.5. The van der Waals surface area contributed by atoms with Crippen LogP contribution in [0.15, 0.2) is 62.9 Å². The zero-order valence-electron chi connectivity index (χ0n) is 12.5. The summed E-state index contributed by atoms with van der Waals surface area (Å²) >= 11 is 6.09. The zero-order valence-corrected chi connectivity index (χ0v) is 14.1. The Kier molecular flexibility index (Phi) is 4.66. The smallest absolute Gasteiger partial charge is 0.285 e. The first-order valence-corrected chi connectivity index (χ1v) is 8.96. The van der Waals surface area contributed by atoms with Gasteiger partial charge in [-0.05, 0) is 18.2 Å². The van der Waals surface area contributed by atoms with Crippen LogP contribution in [0.25, 0.3) is 0 Å². The van der Waals surface area contributed by atoms with Gasteiger partial charge in [-0.25, -0.2) is 5.01 Å². The Morgan fingerprint density at radius 2 is 1.88 bits per heavy atom. The monoisotopic (exact) mass is 363 g/mol. The summed E-state index contributed by atoms with van der Waals surface area (Å²) in [5, 5.41) is 15.4. The van der Waals surface area contributed by atoms with Crippen molar-refractivity contribution in [1.82, 2.24) is 5.01 Å². The average Bonchev–Trinajstić information content (AvgIpc) is 2.85. The number of halogens is 1. The molecule has 1 aliphatic rings. The SMILES string of the molecule is O=S1(=O)N=C(N(CCO)/N=C\c2ccccc2Cl)c2ccccc21. The van der Waals surface area contributed by atoms with Crippen molar-refractivity contribution in [3.05, 3.63) is 64.7 Å². The molecule has 0 unspecified atom stereocenters. The Hall–Kier alpha value is -2.22. The van der Waals surface area contributed by atoms with Crippen molar-refractivity contribution in [2.24, 2.45) is 9.50 Å². The zero-order chi connectivity index (χ0) is 17.2. The van der Waals surface area contributed by atoms with E-state index in [1.165, 1.54) is 17.3 Å². The molecule has 8 heteroatoms. The minimum atomic E-state index is -3.74. The topological polar surface area (TPSA) is 82.3 Å². The number of hydrogen-bond donors (Lipinski definition) is 1. The van der Waals surface area contributed by atoms with Gasteiger partial charge in [0.05, 0.1) is 19.4 Å². The largest absolute Gasteiger partial charge is 0.394 e. The summed E-state index contributed by atoms with van der Waals surface area (Å²) in [4.78, 5) is 0.135. The third kappa shape index (κ3) is 3.19. The van der Waals surface area contributed by atoms with Crippen LogP contribution in [-0.4, -0.2) is 43.7 Å². The summed E-state index contributed by atoms with van der Waals surface area (Å²) in [6, 6.07) is 13.6. The van der Waals surface area contributed by atoms with Crippen molar-refractivity contribution < 1.29 is 13.5 Å². The molecule has 0 aliphatic carbocycles. The molecule has 0 radical (unpaired) electrons. The quantitative estimate of drug-likeness (QED) is 0.666. The van der Waals surface area contributed by atoms with E-state index < -0.39 is 10.0 Å². The number of fused-ring (bicyclic) bond motifs is 1. The van der Waals surface area contributed by atoms with Crippen molar-refractivity contribution in [2.75, 3.05) is 13.2 Å². The number of amidine groups is 1. The van der Waals surface area contributed by atoms with E-state index in [-0.39, 0.29) is 23.9 Å². The summed E-state index contributed by atoms with van der Waals surface area (Å²) in [7, 11) is -3.74. The maximum Gasteiger partial charge on any atom is 0.285 e. The number of nitrogens with zero attached hydrogens (tertiary/aromatic N) is 3. The Balaban J connectivity index is 2.00. The molecule has 24 heavy (non-hydrogen) atoms. The highest BCUT2D eigenvalue weighted by atomic mass is 35.5. The Morgan fingerprint density at radius 1 is 1.17 bits per heavy atom. The van der Waals surface area contributed by atoms with E-state index in [0.29, 0.717) is 16.1 Å². The van der Waals surface area contributed by atoms with E-state index in [2.05, 4.69) is 9.50 Å². The highest BCUT2D eigenvalue weighted by molar-refractivity contribution is 7.90. The normalized spacial score (nSPS) is 15.3. The van der Waals surface area contributed by atoms with Crippen molar-refractivity contribution in [1.29, 1.82) is 0 Å². The number of hydrazone groups is 1. The summed E-state index contributed by atoms with van der Waals surface area (Å²) in [5.41, 5.74) is 1.14. The van der Waals surface area contributed by atoms with Gasteiger partial charge in [-0.3, -0.25) is 0 Å². The van der Waals surface area contributed by atoms with Crippen molar-refractivity contribution in [3.63, 3.8) is 0 Å². The Morgan fingerprint density at radius 3 is 2.62 bits per heavy atom. The van der Waals surface area contributed by atoms with Gasteiger partial charge < -0.3 is 5.11 Å². The fourth-order valence-corrected chi connectivity index (χ4v) is 3.69. The first kappa shape index (κ1) is 16.6. The van der Waals surface area contributed by atoms with Gasteiger partial charge in [0.1, 0.15) is 4.90 Å². The van der Waals surface area contributed by atoms with E-state index in [1.54, 1.807) is 36.4 Å². The Bertz CT molecular complexity index is 926. The molecule has 124 valence electrons. The molecule has 0 amide bonds. The van der Waals surface area contributed by atoms with Gasteiger partial charge in [-0.15, -0.1) is 4.40 Å². The van der Waals surface area contributed by atoms with Crippen LogP contribution in [0.4, 0.5) is 0 Å². The minimum Gasteiger partial charge on any atom is -0.394 e. The maximum absolute atomic E-state index is 12.2. The predicted molar refractivity (Wildman–Crippen MR) is 93.0 cm³/mol. The van der Waals surface area contributed by atoms with Crippen LogP contribution < -0.4 is 0 Å². The molecule has 2 aromatic carbocycles. The lowest BCUT2D eigenvalue weighted by Crippen LogP contribution is -2.28. The van der Waals surface area contributed by atoms with E-state index in [1.807, 2.05) is 6.07 Å². The van der Waals surface area contributed by atoms with Crippen molar-refractivity contribution in [3.8, 4) is 0 Å². The van der Waals surface area contributed by atoms with Crippen LogP contribution in [0.5, 0.6) is 0 Å². The molecule has 0 bridgehead atoms. The third-order valence-electron chi connectivity index (χ3n) is 3.41. The first-order valence-electron chi connectivity index (χ1n) is 7.14. The van der Waals surface area contributed by atoms with Crippen LogP contribution >= 0.6 is 11.6 Å². The van der Waals surface area contributed by atoms with Crippen LogP contribution in [0.1, 0.15) is 11.1 Å². The molecule has 0 aromatic heterocycles. The second kappa shape index (κ2) is 6.72. The fraction of sp³-hybridized carbons (Fsp3) is 0.125. The lowest BCUT2D eigenvalue weighted by atomic mass is 10.2. The predicted octanol–water partition coefficient (Wildman–Crippen LogP) is 2.12. The van der Waals surface area contributed by atoms with E-state index in [9.17, 15) is 13.5 Å².